The second kappa shape index (κ2) is 6.10. The predicted molar refractivity (Wildman–Crippen MR) is 109 cm³/mol. The van der Waals surface area contributed by atoms with Crippen LogP contribution >= 0.6 is 11.8 Å². The fraction of sp³-hybridized carbons (Fsp3) is 0.826. The summed E-state index contributed by atoms with van der Waals surface area (Å²) in [5.74, 6) is 1.52. The van der Waals surface area contributed by atoms with Crippen LogP contribution < -0.4 is 0 Å². The van der Waals surface area contributed by atoms with Gasteiger partial charge in [0.15, 0.2) is 5.78 Å². The Labute approximate surface area is 171 Å². The molecule has 0 amide bonds. The molecule has 8 atom stereocenters. The van der Waals surface area contributed by atoms with Gasteiger partial charge in [-0.25, -0.2) is 0 Å². The van der Waals surface area contributed by atoms with Crippen molar-refractivity contribution >= 4 is 23.5 Å². The van der Waals surface area contributed by atoms with Crippen LogP contribution in [0.5, 0.6) is 0 Å². The number of rotatable bonds is 1. The standard InChI is InChI=1S/C23H32O4S/c1-21-8-4-13(24)12-16(21)19(26)20(28-3)18-14(21)5-9-22(2)15(18)6-10-23(22)11-7-17(25)27-23/h12,14-15,18-20,26H,4-11H2,1-3H3/t14-,15-,18+,19-,20?,21+,22-,23+/m0/s1. The highest BCUT2D eigenvalue weighted by Gasteiger charge is 2.69. The maximum Gasteiger partial charge on any atom is 0.306 e. The normalized spacial score (nSPS) is 52.7. The minimum absolute atomic E-state index is 0.0100. The van der Waals surface area contributed by atoms with E-state index >= 15 is 0 Å². The molecule has 5 rings (SSSR count). The summed E-state index contributed by atoms with van der Waals surface area (Å²) in [6, 6.07) is 0. The van der Waals surface area contributed by atoms with Crippen LogP contribution in [-0.4, -0.2) is 40.1 Å². The molecule has 0 aromatic rings. The van der Waals surface area contributed by atoms with Gasteiger partial charge in [0.1, 0.15) is 5.60 Å². The van der Waals surface area contributed by atoms with Gasteiger partial charge >= 0.3 is 5.97 Å². The topological polar surface area (TPSA) is 63.6 Å². The Morgan fingerprint density at radius 2 is 1.82 bits per heavy atom. The zero-order valence-electron chi connectivity index (χ0n) is 17.2. The van der Waals surface area contributed by atoms with E-state index in [0.717, 1.165) is 44.1 Å². The van der Waals surface area contributed by atoms with Gasteiger partial charge in [-0.05, 0) is 79.6 Å². The molecule has 1 spiro atoms. The number of fused-ring (bicyclic) bond motifs is 6. The Bertz CT molecular complexity index is 762. The van der Waals surface area contributed by atoms with Gasteiger partial charge in [0.05, 0.1) is 6.10 Å². The van der Waals surface area contributed by atoms with Crippen LogP contribution in [0, 0.1) is 28.6 Å². The maximum absolute atomic E-state index is 12.2. The fourth-order valence-electron chi connectivity index (χ4n) is 8.13. The third-order valence-electron chi connectivity index (χ3n) is 9.63. The number of carbonyl (C=O) groups excluding carboxylic acids is 2. The molecule has 4 nitrogen and oxygen atoms in total. The summed E-state index contributed by atoms with van der Waals surface area (Å²) < 4.78 is 6.04. The molecule has 5 aliphatic rings. The van der Waals surface area contributed by atoms with Crippen LogP contribution in [0.4, 0.5) is 0 Å². The van der Waals surface area contributed by atoms with Gasteiger partial charge in [-0.3, -0.25) is 9.59 Å². The number of hydrogen-bond acceptors (Lipinski definition) is 5. The number of ketones is 1. The summed E-state index contributed by atoms with van der Waals surface area (Å²) in [5.41, 5.74) is 0.643. The van der Waals surface area contributed by atoms with Crippen LogP contribution in [0.2, 0.25) is 0 Å². The molecule has 0 aromatic carbocycles. The molecule has 0 aromatic heterocycles. The summed E-state index contributed by atoms with van der Waals surface area (Å²) in [4.78, 5) is 24.2. The van der Waals surface area contributed by atoms with Crippen LogP contribution in [0.25, 0.3) is 0 Å². The first-order valence-corrected chi connectivity index (χ1v) is 12.2. The van der Waals surface area contributed by atoms with Crippen molar-refractivity contribution in [2.75, 3.05) is 6.26 Å². The molecule has 0 radical (unpaired) electrons. The zero-order valence-corrected chi connectivity index (χ0v) is 18.0. The Kier molecular flexibility index (Phi) is 4.18. The summed E-state index contributed by atoms with van der Waals surface area (Å²) in [6.07, 6.45) is 10.4. The van der Waals surface area contributed by atoms with E-state index in [0.29, 0.717) is 30.6 Å². The maximum atomic E-state index is 12.2. The van der Waals surface area contributed by atoms with Crippen molar-refractivity contribution in [2.45, 2.75) is 82.2 Å². The molecular weight excluding hydrogens is 372 g/mol. The lowest BCUT2D eigenvalue weighted by atomic mass is 9.45. The fourth-order valence-corrected chi connectivity index (χ4v) is 9.22. The second-order valence-electron chi connectivity index (χ2n) is 10.4. The number of thioether (sulfide) groups is 1. The van der Waals surface area contributed by atoms with Crippen molar-refractivity contribution in [3.8, 4) is 0 Å². The molecule has 28 heavy (non-hydrogen) atoms. The Balaban J connectivity index is 1.58. The average molecular weight is 405 g/mol. The smallest absolute Gasteiger partial charge is 0.306 e. The summed E-state index contributed by atoms with van der Waals surface area (Å²) in [6.45, 7) is 4.66. The van der Waals surface area contributed by atoms with Crippen LogP contribution in [0.3, 0.4) is 0 Å². The van der Waals surface area contributed by atoms with E-state index in [4.69, 9.17) is 4.74 Å². The molecule has 4 aliphatic carbocycles. The SMILES string of the molecule is CSC1[C@@H]2[C@H](CC[C@@]3(C)[C@H]2CC[C@@]32CCC(=O)O2)[C@@]2(C)CCC(=O)C=C2[C@@H]1O. The van der Waals surface area contributed by atoms with Crippen molar-refractivity contribution < 1.29 is 19.4 Å². The van der Waals surface area contributed by atoms with Gasteiger partial charge in [0, 0.05) is 23.5 Å². The van der Waals surface area contributed by atoms with Gasteiger partial charge in [0.2, 0.25) is 0 Å². The molecule has 154 valence electrons. The molecule has 5 heteroatoms. The first-order chi connectivity index (χ1) is 13.3. The molecule has 1 saturated heterocycles. The third kappa shape index (κ3) is 2.24. The Morgan fingerprint density at radius 3 is 2.50 bits per heavy atom. The van der Waals surface area contributed by atoms with Crippen molar-refractivity contribution in [2.24, 2.45) is 28.6 Å². The molecule has 3 saturated carbocycles. The van der Waals surface area contributed by atoms with Crippen LogP contribution in [0.15, 0.2) is 11.6 Å². The van der Waals surface area contributed by atoms with E-state index in [1.165, 1.54) is 0 Å². The van der Waals surface area contributed by atoms with Crippen LogP contribution in [0.1, 0.15) is 65.2 Å². The number of carbonyl (C=O) groups is 2. The van der Waals surface area contributed by atoms with Gasteiger partial charge in [0.25, 0.3) is 0 Å². The third-order valence-corrected chi connectivity index (χ3v) is 10.7. The van der Waals surface area contributed by atoms with E-state index < -0.39 is 6.10 Å². The molecular formula is C23H32O4S. The molecule has 0 bridgehead atoms. The molecule has 1 aliphatic heterocycles. The lowest BCUT2D eigenvalue weighted by Gasteiger charge is -2.62. The number of hydrogen-bond donors (Lipinski definition) is 1. The lowest BCUT2D eigenvalue weighted by molar-refractivity contribution is -0.169. The highest BCUT2D eigenvalue weighted by molar-refractivity contribution is 7.99. The van der Waals surface area contributed by atoms with Crippen LogP contribution in [-0.2, 0) is 14.3 Å². The lowest BCUT2D eigenvalue weighted by Crippen LogP contribution is -2.61. The Hall–Kier alpha value is -0.810. The highest BCUT2D eigenvalue weighted by atomic mass is 32.2. The van der Waals surface area contributed by atoms with Gasteiger partial charge < -0.3 is 9.84 Å². The Morgan fingerprint density at radius 1 is 1.07 bits per heavy atom. The van der Waals surface area contributed by atoms with Gasteiger partial charge in [-0.15, -0.1) is 0 Å². The first-order valence-electron chi connectivity index (χ1n) is 10.9. The van der Waals surface area contributed by atoms with Gasteiger partial charge in [-0.1, -0.05) is 13.8 Å². The number of aliphatic hydroxyl groups is 1. The first kappa shape index (κ1) is 19.2. The van der Waals surface area contributed by atoms with E-state index in [9.17, 15) is 14.7 Å². The average Bonchev–Trinajstić information content (AvgIpc) is 3.18. The number of ether oxygens (including phenoxy) is 1. The van der Waals surface area contributed by atoms with E-state index in [1.807, 2.05) is 0 Å². The summed E-state index contributed by atoms with van der Waals surface area (Å²) in [5, 5.41) is 11.5. The zero-order chi connectivity index (χ0) is 19.9. The summed E-state index contributed by atoms with van der Waals surface area (Å²) in [7, 11) is 0. The number of aliphatic hydroxyl groups excluding tert-OH is 1. The quantitative estimate of drug-likeness (QED) is 0.672. The summed E-state index contributed by atoms with van der Waals surface area (Å²) >= 11 is 1.76. The van der Waals surface area contributed by atoms with E-state index in [2.05, 4.69) is 20.1 Å². The van der Waals surface area contributed by atoms with Gasteiger partial charge in [-0.2, -0.15) is 11.8 Å². The molecule has 1 N–H and O–H groups in total. The second-order valence-corrected chi connectivity index (χ2v) is 11.4. The van der Waals surface area contributed by atoms with Crippen molar-refractivity contribution in [3.63, 3.8) is 0 Å². The molecule has 1 heterocycles. The van der Waals surface area contributed by atoms with E-state index in [1.54, 1.807) is 17.8 Å². The molecule has 1 unspecified atom stereocenters. The largest absolute Gasteiger partial charge is 0.458 e. The van der Waals surface area contributed by atoms with Crippen molar-refractivity contribution in [3.05, 3.63) is 11.6 Å². The molecule has 4 fully saturated rings. The highest BCUT2D eigenvalue weighted by Crippen LogP contribution is 2.70. The number of esters is 1. The van der Waals surface area contributed by atoms with Crippen molar-refractivity contribution in [1.29, 1.82) is 0 Å². The minimum Gasteiger partial charge on any atom is -0.458 e. The predicted octanol–water partition coefficient (Wildman–Crippen LogP) is 3.91. The van der Waals surface area contributed by atoms with E-state index in [-0.39, 0.29) is 33.4 Å². The minimum atomic E-state index is -0.546. The monoisotopic (exact) mass is 404 g/mol. The van der Waals surface area contributed by atoms with Crippen molar-refractivity contribution in [1.82, 2.24) is 0 Å².